The molecule has 21 heavy (non-hydrogen) atoms. The Morgan fingerprint density at radius 2 is 2.24 bits per heavy atom. The van der Waals surface area contributed by atoms with E-state index in [1.165, 1.54) is 4.88 Å². The Balaban J connectivity index is 1.91. The molecule has 0 unspecified atom stereocenters. The first kappa shape index (κ1) is 14.2. The van der Waals surface area contributed by atoms with Gasteiger partial charge in [-0.2, -0.15) is 0 Å². The van der Waals surface area contributed by atoms with Crippen molar-refractivity contribution in [2.24, 2.45) is 5.41 Å². The molecular formula is C13H16N4O3S. The standard InChI is InChI=1S/C13H16N4O3S/c1-9-2-3-10(21-9)11-14-15-16-17(11)8-13(12(18)19)4-6-20-7-5-13/h2-3H,4-8H2,1H3,(H,18,19). The van der Waals surface area contributed by atoms with Gasteiger partial charge in [-0.1, -0.05) is 0 Å². The zero-order valence-electron chi connectivity index (χ0n) is 11.7. The molecular weight excluding hydrogens is 292 g/mol. The highest BCUT2D eigenvalue weighted by molar-refractivity contribution is 7.15. The maximum atomic E-state index is 11.7. The molecule has 0 radical (unpaired) electrons. The zero-order chi connectivity index (χ0) is 14.9. The van der Waals surface area contributed by atoms with Crippen LogP contribution < -0.4 is 0 Å². The lowest BCUT2D eigenvalue weighted by Gasteiger charge is -2.32. The van der Waals surface area contributed by atoms with E-state index in [-0.39, 0.29) is 6.54 Å². The van der Waals surface area contributed by atoms with Gasteiger partial charge >= 0.3 is 5.97 Å². The summed E-state index contributed by atoms with van der Waals surface area (Å²) in [5.41, 5.74) is -0.852. The van der Waals surface area contributed by atoms with Crippen LogP contribution in [-0.4, -0.2) is 44.5 Å². The van der Waals surface area contributed by atoms with Crippen LogP contribution in [0.2, 0.25) is 0 Å². The van der Waals surface area contributed by atoms with Crippen LogP contribution in [0.1, 0.15) is 17.7 Å². The predicted molar refractivity (Wildman–Crippen MR) is 76.0 cm³/mol. The summed E-state index contributed by atoms with van der Waals surface area (Å²) in [4.78, 5) is 13.8. The van der Waals surface area contributed by atoms with Gasteiger partial charge in [0.2, 0.25) is 0 Å². The van der Waals surface area contributed by atoms with E-state index in [2.05, 4.69) is 15.5 Å². The maximum Gasteiger partial charge on any atom is 0.311 e. The van der Waals surface area contributed by atoms with E-state index in [4.69, 9.17) is 4.74 Å². The smallest absolute Gasteiger partial charge is 0.311 e. The summed E-state index contributed by atoms with van der Waals surface area (Å²) in [7, 11) is 0. The normalized spacial score (nSPS) is 17.8. The number of rotatable bonds is 4. The molecule has 0 aliphatic carbocycles. The van der Waals surface area contributed by atoms with Crippen LogP contribution in [0.3, 0.4) is 0 Å². The van der Waals surface area contributed by atoms with E-state index >= 15 is 0 Å². The Bertz CT molecular complexity index is 645. The van der Waals surface area contributed by atoms with Crippen molar-refractivity contribution in [3.8, 4) is 10.7 Å². The zero-order valence-corrected chi connectivity index (χ0v) is 12.5. The van der Waals surface area contributed by atoms with Crippen molar-refractivity contribution in [1.82, 2.24) is 20.2 Å². The fourth-order valence-electron chi connectivity index (χ4n) is 2.53. The number of aliphatic carboxylic acids is 1. The highest BCUT2D eigenvalue weighted by atomic mass is 32.1. The summed E-state index contributed by atoms with van der Waals surface area (Å²) in [6.07, 6.45) is 0.955. The van der Waals surface area contributed by atoms with Crippen molar-refractivity contribution >= 4 is 17.3 Å². The fraction of sp³-hybridized carbons (Fsp3) is 0.538. The first-order chi connectivity index (χ1) is 10.1. The topological polar surface area (TPSA) is 90.1 Å². The van der Waals surface area contributed by atoms with Crippen LogP contribution in [0.4, 0.5) is 0 Å². The van der Waals surface area contributed by atoms with Crippen LogP contribution in [0.5, 0.6) is 0 Å². The quantitative estimate of drug-likeness (QED) is 0.922. The van der Waals surface area contributed by atoms with E-state index in [0.717, 1.165) is 4.88 Å². The second-order valence-corrected chi connectivity index (χ2v) is 6.56. The Kier molecular flexibility index (Phi) is 3.73. The maximum absolute atomic E-state index is 11.7. The third-order valence-electron chi connectivity index (χ3n) is 3.85. The summed E-state index contributed by atoms with van der Waals surface area (Å²) in [6, 6.07) is 3.96. The SMILES string of the molecule is Cc1ccc(-c2nnnn2CC2(C(=O)O)CCOCC2)s1. The Morgan fingerprint density at radius 3 is 2.86 bits per heavy atom. The summed E-state index contributed by atoms with van der Waals surface area (Å²) in [6.45, 7) is 3.20. The van der Waals surface area contributed by atoms with Crippen LogP contribution in [0, 0.1) is 12.3 Å². The van der Waals surface area contributed by atoms with Gasteiger partial charge in [0, 0.05) is 18.1 Å². The molecule has 0 aromatic carbocycles. The lowest BCUT2D eigenvalue weighted by Crippen LogP contribution is -2.41. The molecule has 1 aliphatic heterocycles. The molecule has 7 nitrogen and oxygen atoms in total. The largest absolute Gasteiger partial charge is 0.481 e. The molecule has 0 saturated carbocycles. The molecule has 1 N–H and O–H groups in total. The van der Waals surface area contributed by atoms with E-state index < -0.39 is 11.4 Å². The number of hydrogen-bond acceptors (Lipinski definition) is 6. The second kappa shape index (κ2) is 5.53. The molecule has 1 aliphatic rings. The van der Waals surface area contributed by atoms with E-state index in [0.29, 0.717) is 31.9 Å². The fourth-order valence-corrected chi connectivity index (χ4v) is 3.39. The predicted octanol–water partition coefficient (Wildman–Crippen LogP) is 1.59. The molecule has 2 aromatic rings. The first-order valence-corrected chi connectivity index (χ1v) is 7.56. The minimum absolute atomic E-state index is 0.269. The van der Waals surface area contributed by atoms with Gasteiger partial charge in [-0.05, 0) is 42.3 Å². The molecule has 2 aromatic heterocycles. The summed E-state index contributed by atoms with van der Waals surface area (Å²) < 4.78 is 6.89. The summed E-state index contributed by atoms with van der Waals surface area (Å²) in [5, 5.41) is 21.4. The van der Waals surface area contributed by atoms with Crippen molar-refractivity contribution in [2.75, 3.05) is 13.2 Å². The molecule has 3 heterocycles. The number of aryl methyl sites for hydroxylation is 1. The molecule has 3 rings (SSSR count). The molecule has 1 saturated heterocycles. The number of ether oxygens (including phenoxy) is 1. The lowest BCUT2D eigenvalue weighted by molar-refractivity contribution is -0.156. The average Bonchev–Trinajstić information content (AvgIpc) is 3.08. The minimum atomic E-state index is -0.852. The second-order valence-electron chi connectivity index (χ2n) is 5.27. The van der Waals surface area contributed by atoms with Gasteiger partial charge in [-0.15, -0.1) is 16.4 Å². The lowest BCUT2D eigenvalue weighted by atomic mass is 9.80. The van der Waals surface area contributed by atoms with Crippen LogP contribution in [0.15, 0.2) is 12.1 Å². The molecule has 0 atom stereocenters. The third kappa shape index (κ3) is 2.68. The van der Waals surface area contributed by atoms with E-state index in [9.17, 15) is 9.90 Å². The van der Waals surface area contributed by atoms with Crippen molar-refractivity contribution in [3.05, 3.63) is 17.0 Å². The van der Waals surface area contributed by atoms with Crippen molar-refractivity contribution < 1.29 is 14.6 Å². The van der Waals surface area contributed by atoms with Crippen LogP contribution in [0.25, 0.3) is 10.7 Å². The number of aromatic nitrogens is 4. The van der Waals surface area contributed by atoms with Gasteiger partial charge in [0.1, 0.15) is 0 Å². The van der Waals surface area contributed by atoms with Crippen molar-refractivity contribution in [3.63, 3.8) is 0 Å². The highest BCUT2D eigenvalue weighted by Crippen LogP contribution is 2.34. The van der Waals surface area contributed by atoms with Gasteiger partial charge in [-0.25, -0.2) is 4.68 Å². The van der Waals surface area contributed by atoms with Gasteiger partial charge in [-0.3, -0.25) is 4.79 Å². The number of nitrogens with zero attached hydrogens (tertiary/aromatic N) is 4. The Morgan fingerprint density at radius 1 is 1.48 bits per heavy atom. The van der Waals surface area contributed by atoms with Crippen LogP contribution >= 0.6 is 11.3 Å². The summed E-state index contributed by atoms with van der Waals surface area (Å²) in [5.74, 6) is -0.185. The molecule has 0 amide bonds. The number of carboxylic acids is 1. The molecule has 112 valence electrons. The van der Waals surface area contributed by atoms with E-state index in [1.54, 1.807) is 16.0 Å². The molecule has 8 heteroatoms. The molecule has 0 spiro atoms. The first-order valence-electron chi connectivity index (χ1n) is 6.75. The number of carbonyl (C=O) groups is 1. The number of hydrogen-bond donors (Lipinski definition) is 1. The minimum Gasteiger partial charge on any atom is -0.481 e. The monoisotopic (exact) mass is 308 g/mol. The Hall–Kier alpha value is -1.80. The van der Waals surface area contributed by atoms with Gasteiger partial charge in [0.15, 0.2) is 5.82 Å². The van der Waals surface area contributed by atoms with Gasteiger partial charge in [0.05, 0.1) is 16.8 Å². The molecule has 1 fully saturated rings. The highest BCUT2D eigenvalue weighted by Gasteiger charge is 2.41. The van der Waals surface area contributed by atoms with Crippen molar-refractivity contribution in [2.45, 2.75) is 26.3 Å². The van der Waals surface area contributed by atoms with Crippen LogP contribution in [-0.2, 0) is 16.1 Å². The Labute approximate surface area is 125 Å². The number of thiophene rings is 1. The molecule has 0 bridgehead atoms. The average molecular weight is 308 g/mol. The number of tetrazole rings is 1. The number of carboxylic acid groups (broad SMARTS) is 1. The third-order valence-corrected chi connectivity index (χ3v) is 4.85. The summed E-state index contributed by atoms with van der Waals surface area (Å²) >= 11 is 1.59. The van der Waals surface area contributed by atoms with Gasteiger partial charge in [0.25, 0.3) is 0 Å². The van der Waals surface area contributed by atoms with Crippen molar-refractivity contribution in [1.29, 1.82) is 0 Å². The van der Waals surface area contributed by atoms with Gasteiger partial charge < -0.3 is 9.84 Å². The van der Waals surface area contributed by atoms with E-state index in [1.807, 2.05) is 19.1 Å².